The molecule has 9 nitrogen and oxygen atoms in total. The Balaban J connectivity index is 2.98. The molecule has 1 aromatic heterocycles. The molecule has 1 aliphatic rings. The minimum absolute atomic E-state index is 0.0619. The lowest BCUT2D eigenvalue weighted by molar-refractivity contribution is -0.138. The number of amidine groups is 1. The third-order valence-corrected chi connectivity index (χ3v) is 10.6. The average Bonchev–Trinajstić information content (AvgIpc) is 3.61. The fourth-order valence-corrected chi connectivity index (χ4v) is 7.17. The van der Waals surface area contributed by atoms with E-state index in [0.717, 1.165) is 5.56 Å². The summed E-state index contributed by atoms with van der Waals surface area (Å²) < 4.78 is 11.1. The summed E-state index contributed by atoms with van der Waals surface area (Å²) in [5.41, 5.74) is 2.57. The lowest BCUT2D eigenvalue weighted by atomic mass is 9.74. The van der Waals surface area contributed by atoms with Gasteiger partial charge in [0.25, 0.3) is 0 Å². The first-order valence-corrected chi connectivity index (χ1v) is 18.1. The summed E-state index contributed by atoms with van der Waals surface area (Å²) in [6.07, 6.45) is 5.99. The van der Waals surface area contributed by atoms with Gasteiger partial charge >= 0.3 is 11.9 Å². The largest absolute Gasteiger partial charge is 0.462 e. The second kappa shape index (κ2) is 17.3. The summed E-state index contributed by atoms with van der Waals surface area (Å²) in [6.45, 7) is 23.9. The molecule has 0 atom stereocenters. The number of rotatable bonds is 17. The van der Waals surface area contributed by atoms with Crippen molar-refractivity contribution < 1.29 is 28.7 Å². The van der Waals surface area contributed by atoms with Crippen molar-refractivity contribution in [2.24, 2.45) is 21.7 Å². The number of aliphatic imine (C=N–C) groups is 1. The molecule has 0 unspecified atom stereocenters. The van der Waals surface area contributed by atoms with Crippen LogP contribution in [0.3, 0.4) is 0 Å². The fourth-order valence-electron chi connectivity index (χ4n) is 7.17. The van der Waals surface area contributed by atoms with Crippen LogP contribution in [0, 0.1) is 16.7 Å². The summed E-state index contributed by atoms with van der Waals surface area (Å²) in [7, 11) is 1.68. The number of Topliss-reactive ketones (excluding diaryl/α,β-unsaturated/α-hetero) is 1. The Bertz CT molecular complexity index is 1420. The first-order chi connectivity index (χ1) is 22.6. The van der Waals surface area contributed by atoms with Gasteiger partial charge in [-0.05, 0) is 81.4 Å². The molecule has 0 saturated carbocycles. The van der Waals surface area contributed by atoms with Gasteiger partial charge in [-0.1, -0.05) is 69.2 Å². The SMILES string of the molecule is CCOC(=O)C1=C(C(C)C)/C(=C/c2[nH]c(CC(=O)C(CC)(CC)CC)c(C(=O)OCC)c2C(C)C)N=C1N(C)C(=O)C(CC)(CC)CC. The van der Waals surface area contributed by atoms with Crippen LogP contribution in [0.5, 0.6) is 0 Å². The minimum atomic E-state index is -0.591. The lowest BCUT2D eigenvalue weighted by Gasteiger charge is -2.33. The minimum Gasteiger partial charge on any atom is -0.462 e. The highest BCUT2D eigenvalue weighted by molar-refractivity contribution is 6.25. The van der Waals surface area contributed by atoms with Gasteiger partial charge in [0.15, 0.2) is 5.84 Å². The number of amides is 1. The Morgan fingerprint density at radius 1 is 0.771 bits per heavy atom. The van der Waals surface area contributed by atoms with E-state index in [4.69, 9.17) is 14.5 Å². The van der Waals surface area contributed by atoms with Crippen molar-refractivity contribution in [3.05, 3.63) is 39.4 Å². The molecule has 2 heterocycles. The Morgan fingerprint density at radius 2 is 1.27 bits per heavy atom. The molecule has 0 radical (unpaired) electrons. The van der Waals surface area contributed by atoms with Crippen LogP contribution in [-0.4, -0.2) is 59.6 Å². The number of hydrogen-bond donors (Lipinski definition) is 1. The van der Waals surface area contributed by atoms with Crippen LogP contribution >= 0.6 is 0 Å². The zero-order valence-corrected chi connectivity index (χ0v) is 31.9. The van der Waals surface area contributed by atoms with E-state index in [1.807, 2.05) is 75.3 Å². The molecule has 0 aliphatic carbocycles. The third kappa shape index (κ3) is 7.86. The topological polar surface area (TPSA) is 118 Å². The van der Waals surface area contributed by atoms with E-state index in [2.05, 4.69) is 4.98 Å². The molecule has 2 rings (SSSR count). The van der Waals surface area contributed by atoms with Crippen LogP contribution in [0.2, 0.25) is 0 Å². The summed E-state index contributed by atoms with van der Waals surface area (Å²) in [6, 6.07) is 0. The van der Waals surface area contributed by atoms with Crippen molar-refractivity contribution in [3.8, 4) is 0 Å². The number of H-pyrrole nitrogens is 1. The number of esters is 2. The van der Waals surface area contributed by atoms with Crippen LogP contribution < -0.4 is 0 Å². The molecular weight excluding hydrogens is 606 g/mol. The van der Waals surface area contributed by atoms with Crippen LogP contribution in [0.15, 0.2) is 21.8 Å². The van der Waals surface area contributed by atoms with E-state index in [1.165, 1.54) is 4.90 Å². The highest BCUT2D eigenvalue weighted by Gasteiger charge is 2.42. The van der Waals surface area contributed by atoms with Crippen molar-refractivity contribution >= 4 is 35.5 Å². The van der Waals surface area contributed by atoms with E-state index >= 15 is 0 Å². The van der Waals surface area contributed by atoms with Crippen molar-refractivity contribution in [1.29, 1.82) is 0 Å². The van der Waals surface area contributed by atoms with Crippen LogP contribution in [0.1, 0.15) is 155 Å². The molecule has 268 valence electrons. The Hall–Kier alpha value is -3.49. The van der Waals surface area contributed by atoms with Gasteiger partial charge in [-0.2, -0.15) is 0 Å². The summed E-state index contributed by atoms with van der Waals surface area (Å²) in [5.74, 6) is -1.06. The zero-order chi connectivity index (χ0) is 36.6. The van der Waals surface area contributed by atoms with Gasteiger partial charge in [0.1, 0.15) is 11.4 Å². The summed E-state index contributed by atoms with van der Waals surface area (Å²) in [5, 5.41) is 0. The molecule has 1 amide bonds. The molecule has 1 aromatic rings. The predicted molar refractivity (Wildman–Crippen MR) is 193 cm³/mol. The van der Waals surface area contributed by atoms with Crippen molar-refractivity contribution in [2.75, 3.05) is 20.3 Å². The number of nitrogens with one attached hydrogen (secondary N) is 1. The number of ketones is 1. The highest BCUT2D eigenvalue weighted by Crippen LogP contribution is 2.40. The first-order valence-electron chi connectivity index (χ1n) is 18.1. The Morgan fingerprint density at radius 3 is 1.71 bits per heavy atom. The quantitative estimate of drug-likeness (QED) is 0.166. The summed E-state index contributed by atoms with van der Waals surface area (Å²) >= 11 is 0. The Kier molecular flexibility index (Phi) is 14.6. The van der Waals surface area contributed by atoms with Crippen LogP contribution in [-0.2, 0) is 30.3 Å². The molecule has 1 N–H and O–H groups in total. The molecular formula is C39H61N3O6. The molecule has 1 aliphatic heterocycles. The highest BCUT2D eigenvalue weighted by atomic mass is 16.5. The number of ether oxygens (including phenoxy) is 2. The smallest absolute Gasteiger partial charge is 0.342 e. The average molecular weight is 668 g/mol. The molecule has 9 heteroatoms. The standard InChI is InChI=1S/C39H61N3O6/c1-14-38(15-2,16-3)29(43)23-28-32(35(44)47-20-7)30(24(9)10)26(40-28)22-27-31(25(11)12)33(36(45)48-21-8)34(41-27)42(13)37(46)39(17-4,18-5)19-6/h22,24-25,40H,14-21,23H2,1-13H3/b27-22-. The Labute approximate surface area is 289 Å². The second-order valence-corrected chi connectivity index (χ2v) is 13.5. The predicted octanol–water partition coefficient (Wildman–Crippen LogP) is 8.59. The molecule has 0 spiro atoms. The van der Waals surface area contributed by atoms with E-state index in [0.29, 0.717) is 66.7 Å². The van der Waals surface area contributed by atoms with Gasteiger partial charge in [0.05, 0.1) is 24.5 Å². The summed E-state index contributed by atoms with van der Waals surface area (Å²) in [4.78, 5) is 65.0. The second-order valence-electron chi connectivity index (χ2n) is 13.5. The molecule has 0 bridgehead atoms. The van der Waals surface area contributed by atoms with Crippen LogP contribution in [0.25, 0.3) is 6.08 Å². The van der Waals surface area contributed by atoms with Crippen molar-refractivity contribution in [2.45, 2.75) is 134 Å². The maximum Gasteiger partial charge on any atom is 0.342 e. The van der Waals surface area contributed by atoms with Gasteiger partial charge in [0, 0.05) is 35.7 Å². The normalized spacial score (nSPS) is 14.6. The van der Waals surface area contributed by atoms with Gasteiger partial charge in [-0.15, -0.1) is 0 Å². The molecule has 0 saturated heterocycles. The van der Waals surface area contributed by atoms with E-state index in [-0.39, 0.29) is 54.6 Å². The first kappa shape index (κ1) is 40.7. The van der Waals surface area contributed by atoms with E-state index in [1.54, 1.807) is 20.9 Å². The zero-order valence-electron chi connectivity index (χ0n) is 31.9. The van der Waals surface area contributed by atoms with Crippen molar-refractivity contribution in [3.63, 3.8) is 0 Å². The van der Waals surface area contributed by atoms with Gasteiger partial charge in [0.2, 0.25) is 5.91 Å². The third-order valence-electron chi connectivity index (χ3n) is 10.6. The van der Waals surface area contributed by atoms with Gasteiger partial charge in [-0.3, -0.25) is 14.5 Å². The number of carbonyl (C=O) groups excluding carboxylic acids is 4. The monoisotopic (exact) mass is 667 g/mol. The molecule has 48 heavy (non-hydrogen) atoms. The number of allylic oxidation sites excluding steroid dienone is 1. The number of hydrogen-bond acceptors (Lipinski definition) is 7. The number of aromatic nitrogens is 1. The number of carbonyl (C=O) groups is 4. The maximum absolute atomic E-state index is 14.1. The van der Waals surface area contributed by atoms with Gasteiger partial charge in [-0.25, -0.2) is 14.6 Å². The molecule has 0 aromatic carbocycles. The fraction of sp³-hybridized carbons (Fsp3) is 0.667. The number of nitrogens with zero attached hydrogens (tertiary/aromatic N) is 2. The van der Waals surface area contributed by atoms with Crippen LogP contribution in [0.4, 0.5) is 0 Å². The van der Waals surface area contributed by atoms with Gasteiger partial charge < -0.3 is 14.5 Å². The number of aromatic amines is 1. The molecule has 0 fully saturated rings. The maximum atomic E-state index is 14.1. The lowest BCUT2D eigenvalue weighted by Crippen LogP contribution is -2.45. The van der Waals surface area contributed by atoms with E-state index < -0.39 is 22.8 Å². The van der Waals surface area contributed by atoms with Crippen molar-refractivity contribution in [1.82, 2.24) is 9.88 Å². The number of likely N-dealkylation sites (N-methyl/N-ethyl adjacent to an activating group) is 1. The van der Waals surface area contributed by atoms with E-state index in [9.17, 15) is 19.2 Å².